The number of rotatable bonds is 5. The second-order valence-electron chi connectivity index (χ2n) is 3.58. The maximum Gasteiger partial charge on any atom is 0.321 e. The predicted molar refractivity (Wildman–Crippen MR) is 65.9 cm³/mol. The average molecular weight is 238 g/mol. The van der Waals surface area contributed by atoms with Gasteiger partial charge in [-0.15, -0.1) is 0 Å². The van der Waals surface area contributed by atoms with Crippen LogP contribution >= 0.6 is 0 Å². The number of benzene rings is 1. The van der Waals surface area contributed by atoms with Crippen molar-refractivity contribution in [1.29, 1.82) is 0 Å². The van der Waals surface area contributed by atoms with Crippen molar-refractivity contribution in [2.24, 2.45) is 0 Å². The van der Waals surface area contributed by atoms with E-state index in [1.54, 1.807) is 7.05 Å². The second kappa shape index (κ2) is 6.88. The molecule has 0 bridgehead atoms. The van der Waals surface area contributed by atoms with Gasteiger partial charge in [-0.2, -0.15) is 0 Å². The lowest BCUT2D eigenvalue weighted by Crippen LogP contribution is -2.38. The monoisotopic (exact) mass is 238 g/mol. The Bertz CT molecular complexity index is 339. The number of anilines is 1. The first kappa shape index (κ1) is 13.5. The quantitative estimate of drug-likeness (QED) is 0.795. The molecule has 0 atom stereocenters. The largest absolute Gasteiger partial charge is 0.354 e. The molecule has 0 saturated heterocycles. The van der Waals surface area contributed by atoms with E-state index in [1.807, 2.05) is 30.3 Å². The maximum atomic E-state index is 11.8. The number of amides is 2. The summed E-state index contributed by atoms with van der Waals surface area (Å²) in [5.74, 6) is 0. The lowest BCUT2D eigenvalue weighted by Gasteiger charge is -2.22. The van der Waals surface area contributed by atoms with E-state index in [0.717, 1.165) is 5.69 Å². The zero-order valence-corrected chi connectivity index (χ0v) is 10.3. The van der Waals surface area contributed by atoms with Crippen LogP contribution in [0.4, 0.5) is 10.5 Å². The van der Waals surface area contributed by atoms with Crippen LogP contribution in [0.5, 0.6) is 0 Å². The first-order chi connectivity index (χ1) is 8.17. The third-order valence-electron chi connectivity index (χ3n) is 2.32. The third kappa shape index (κ3) is 4.42. The van der Waals surface area contributed by atoms with Crippen molar-refractivity contribution in [3.8, 4) is 0 Å². The van der Waals surface area contributed by atoms with Crippen LogP contribution in [0.25, 0.3) is 0 Å². The van der Waals surface area contributed by atoms with E-state index in [2.05, 4.69) is 5.32 Å². The van der Waals surface area contributed by atoms with Crippen molar-refractivity contribution in [2.45, 2.75) is 6.29 Å². The maximum absolute atomic E-state index is 11.8. The van der Waals surface area contributed by atoms with Gasteiger partial charge in [-0.3, -0.25) is 0 Å². The van der Waals surface area contributed by atoms with Gasteiger partial charge in [-0.25, -0.2) is 4.79 Å². The van der Waals surface area contributed by atoms with E-state index in [9.17, 15) is 4.79 Å². The van der Waals surface area contributed by atoms with E-state index in [-0.39, 0.29) is 6.03 Å². The van der Waals surface area contributed by atoms with Crippen LogP contribution in [0, 0.1) is 0 Å². The van der Waals surface area contributed by atoms with Crippen LogP contribution in [0.3, 0.4) is 0 Å². The summed E-state index contributed by atoms with van der Waals surface area (Å²) >= 11 is 0. The number of urea groups is 1. The van der Waals surface area contributed by atoms with Gasteiger partial charge in [0.1, 0.15) is 0 Å². The van der Waals surface area contributed by atoms with Gasteiger partial charge in [0.25, 0.3) is 0 Å². The molecule has 0 unspecified atom stereocenters. The molecule has 0 spiro atoms. The van der Waals surface area contributed by atoms with Crippen molar-refractivity contribution in [3.63, 3.8) is 0 Å². The highest BCUT2D eigenvalue weighted by Crippen LogP contribution is 2.06. The van der Waals surface area contributed by atoms with E-state index >= 15 is 0 Å². The highest BCUT2D eigenvalue weighted by atomic mass is 16.7. The summed E-state index contributed by atoms with van der Waals surface area (Å²) in [5, 5.41) is 2.77. The molecule has 0 aromatic heterocycles. The van der Waals surface area contributed by atoms with Gasteiger partial charge >= 0.3 is 6.03 Å². The number of nitrogens with one attached hydrogen (secondary N) is 1. The van der Waals surface area contributed by atoms with E-state index in [4.69, 9.17) is 9.47 Å². The highest BCUT2D eigenvalue weighted by molar-refractivity contribution is 5.89. The fourth-order valence-electron chi connectivity index (χ4n) is 1.29. The lowest BCUT2D eigenvalue weighted by atomic mass is 10.3. The summed E-state index contributed by atoms with van der Waals surface area (Å²) in [6.45, 7) is 0.367. The molecule has 94 valence electrons. The standard InChI is InChI=1S/C12H18N2O3/c1-14(9-11(16-2)17-3)12(15)13-10-7-5-4-6-8-10/h4-8,11H,9H2,1-3H3,(H,13,15). The molecule has 17 heavy (non-hydrogen) atoms. The van der Waals surface area contributed by atoms with E-state index in [1.165, 1.54) is 19.1 Å². The summed E-state index contributed by atoms with van der Waals surface area (Å²) < 4.78 is 10.1. The first-order valence-electron chi connectivity index (χ1n) is 5.30. The molecule has 2 amide bonds. The van der Waals surface area contributed by atoms with Crippen molar-refractivity contribution >= 4 is 11.7 Å². The number of methoxy groups -OCH3 is 2. The highest BCUT2D eigenvalue weighted by Gasteiger charge is 2.14. The van der Waals surface area contributed by atoms with Crippen molar-refractivity contribution < 1.29 is 14.3 Å². The summed E-state index contributed by atoms with van der Waals surface area (Å²) in [7, 11) is 4.76. The molecule has 1 N–H and O–H groups in total. The molecule has 0 aliphatic rings. The number of ether oxygens (including phenoxy) is 2. The van der Waals surface area contributed by atoms with Gasteiger partial charge in [-0.1, -0.05) is 18.2 Å². The summed E-state index contributed by atoms with van der Waals surface area (Å²) in [4.78, 5) is 13.3. The Morgan fingerprint density at radius 2 is 1.88 bits per heavy atom. The van der Waals surface area contributed by atoms with Gasteiger partial charge in [-0.05, 0) is 12.1 Å². The zero-order valence-electron chi connectivity index (χ0n) is 10.3. The Hall–Kier alpha value is -1.59. The van der Waals surface area contributed by atoms with Crippen LogP contribution < -0.4 is 5.32 Å². The van der Waals surface area contributed by atoms with Gasteiger partial charge < -0.3 is 19.7 Å². The molecular weight excluding hydrogens is 220 g/mol. The molecule has 0 aliphatic carbocycles. The summed E-state index contributed by atoms with van der Waals surface area (Å²) in [5.41, 5.74) is 0.760. The normalized spacial score (nSPS) is 10.4. The molecule has 0 saturated carbocycles. The fraction of sp³-hybridized carbons (Fsp3) is 0.417. The van der Waals surface area contributed by atoms with Crippen molar-refractivity contribution in [2.75, 3.05) is 33.1 Å². The second-order valence-corrected chi connectivity index (χ2v) is 3.58. The Kier molecular flexibility index (Phi) is 5.45. The molecule has 5 heteroatoms. The third-order valence-corrected chi connectivity index (χ3v) is 2.32. The van der Waals surface area contributed by atoms with E-state index < -0.39 is 6.29 Å². The minimum Gasteiger partial charge on any atom is -0.354 e. The van der Waals surface area contributed by atoms with E-state index in [0.29, 0.717) is 6.54 Å². The van der Waals surface area contributed by atoms with Crippen LogP contribution in [0.1, 0.15) is 0 Å². The lowest BCUT2D eigenvalue weighted by molar-refractivity contribution is -0.108. The van der Waals surface area contributed by atoms with Gasteiger partial charge in [0.05, 0.1) is 6.54 Å². The van der Waals surface area contributed by atoms with Crippen molar-refractivity contribution in [1.82, 2.24) is 4.90 Å². The Morgan fingerprint density at radius 3 is 2.41 bits per heavy atom. The minimum absolute atomic E-state index is 0.199. The molecule has 1 aromatic rings. The Morgan fingerprint density at radius 1 is 1.29 bits per heavy atom. The summed E-state index contributed by atoms with van der Waals surface area (Å²) in [6.07, 6.45) is -0.415. The molecule has 5 nitrogen and oxygen atoms in total. The molecule has 1 aromatic carbocycles. The average Bonchev–Trinajstić information content (AvgIpc) is 2.36. The first-order valence-corrected chi connectivity index (χ1v) is 5.30. The van der Waals surface area contributed by atoms with Gasteiger partial charge in [0, 0.05) is 27.0 Å². The van der Waals surface area contributed by atoms with Crippen LogP contribution in [-0.2, 0) is 9.47 Å². The zero-order chi connectivity index (χ0) is 12.7. The number of nitrogens with zero attached hydrogens (tertiary/aromatic N) is 1. The van der Waals surface area contributed by atoms with Gasteiger partial charge in [0.2, 0.25) is 0 Å². The number of carbonyl (C=O) groups is 1. The molecule has 0 heterocycles. The number of carbonyl (C=O) groups excluding carboxylic acids is 1. The molecule has 1 rings (SSSR count). The Balaban J connectivity index is 2.47. The molecule has 0 aliphatic heterocycles. The van der Waals surface area contributed by atoms with Crippen molar-refractivity contribution in [3.05, 3.63) is 30.3 Å². The molecule has 0 fully saturated rings. The summed E-state index contributed by atoms with van der Waals surface area (Å²) in [6, 6.07) is 9.08. The molecule has 0 radical (unpaired) electrons. The number of hydrogen-bond donors (Lipinski definition) is 1. The molecular formula is C12H18N2O3. The number of likely N-dealkylation sites (N-methyl/N-ethyl adjacent to an activating group) is 1. The predicted octanol–water partition coefficient (Wildman–Crippen LogP) is 1.77. The number of para-hydroxylation sites is 1. The topological polar surface area (TPSA) is 50.8 Å². The van der Waals surface area contributed by atoms with Crippen LogP contribution in [0.15, 0.2) is 30.3 Å². The van der Waals surface area contributed by atoms with Gasteiger partial charge in [0.15, 0.2) is 6.29 Å². The smallest absolute Gasteiger partial charge is 0.321 e. The minimum atomic E-state index is -0.415. The SMILES string of the molecule is COC(CN(C)C(=O)Nc1ccccc1)OC. The number of hydrogen-bond acceptors (Lipinski definition) is 3. The van der Waals surface area contributed by atoms with Crippen LogP contribution in [-0.4, -0.2) is 45.0 Å². The Labute approximate surface area is 101 Å². The fourth-order valence-corrected chi connectivity index (χ4v) is 1.29. The van der Waals surface area contributed by atoms with Crippen LogP contribution in [0.2, 0.25) is 0 Å².